The summed E-state index contributed by atoms with van der Waals surface area (Å²) in [6.07, 6.45) is 0.433. The Hall–Kier alpha value is -2.96. The Kier molecular flexibility index (Phi) is 6.80. The Balaban J connectivity index is 1.62. The van der Waals surface area contributed by atoms with E-state index >= 15 is 0 Å². The standard InChI is InChI=1S/C23H28N4O2/c1-15-8-4-6-10-18(15)20(28)13-24-22-17(3)12-25-23(27-22)26-14-21(29)19-11-7-5-9-16(19)2/h4-12,20-21,28-29H,13-14H2,1-3H3,(H2,24,25,26,27). The summed E-state index contributed by atoms with van der Waals surface area (Å²) in [4.78, 5) is 8.78. The smallest absolute Gasteiger partial charge is 0.224 e. The molecule has 0 amide bonds. The van der Waals surface area contributed by atoms with Crippen molar-refractivity contribution in [2.75, 3.05) is 23.7 Å². The molecule has 1 heterocycles. The zero-order valence-electron chi connectivity index (χ0n) is 17.1. The van der Waals surface area contributed by atoms with E-state index in [0.717, 1.165) is 27.8 Å². The Morgan fingerprint density at radius 1 is 0.759 bits per heavy atom. The largest absolute Gasteiger partial charge is 0.387 e. The third-order valence-electron chi connectivity index (χ3n) is 4.98. The summed E-state index contributed by atoms with van der Waals surface area (Å²) < 4.78 is 0. The van der Waals surface area contributed by atoms with Crippen LogP contribution in [0.4, 0.5) is 11.8 Å². The molecule has 152 valence electrons. The fraction of sp³-hybridized carbons (Fsp3) is 0.304. The first-order valence-electron chi connectivity index (χ1n) is 9.74. The number of aryl methyl sites for hydroxylation is 3. The molecule has 4 N–H and O–H groups in total. The topological polar surface area (TPSA) is 90.3 Å². The van der Waals surface area contributed by atoms with Crippen molar-refractivity contribution in [3.8, 4) is 0 Å². The van der Waals surface area contributed by atoms with Crippen LogP contribution in [0, 0.1) is 20.8 Å². The molecule has 0 radical (unpaired) electrons. The summed E-state index contributed by atoms with van der Waals surface area (Å²) in [7, 11) is 0. The highest BCUT2D eigenvalue weighted by atomic mass is 16.3. The normalized spacial score (nSPS) is 13.0. The van der Waals surface area contributed by atoms with Crippen molar-refractivity contribution in [2.45, 2.75) is 33.0 Å². The number of rotatable bonds is 8. The van der Waals surface area contributed by atoms with E-state index in [2.05, 4.69) is 20.6 Å². The van der Waals surface area contributed by atoms with Crippen LogP contribution in [0.3, 0.4) is 0 Å². The predicted octanol–water partition coefficient (Wildman–Crippen LogP) is 3.69. The van der Waals surface area contributed by atoms with Crippen molar-refractivity contribution in [1.82, 2.24) is 9.97 Å². The number of hydrogen-bond donors (Lipinski definition) is 4. The molecule has 3 aromatic rings. The molecule has 3 rings (SSSR count). The Morgan fingerprint density at radius 3 is 1.83 bits per heavy atom. The Labute approximate surface area is 171 Å². The minimum Gasteiger partial charge on any atom is -0.387 e. The van der Waals surface area contributed by atoms with Crippen LogP contribution in [0.15, 0.2) is 54.7 Å². The van der Waals surface area contributed by atoms with Gasteiger partial charge in [-0.15, -0.1) is 0 Å². The maximum absolute atomic E-state index is 10.5. The first-order chi connectivity index (χ1) is 14.0. The lowest BCUT2D eigenvalue weighted by Crippen LogP contribution is -2.17. The Bertz CT molecular complexity index is 961. The molecule has 0 saturated carbocycles. The molecule has 0 aliphatic heterocycles. The van der Waals surface area contributed by atoms with Gasteiger partial charge >= 0.3 is 0 Å². The maximum atomic E-state index is 10.5. The Morgan fingerprint density at radius 2 is 1.28 bits per heavy atom. The minimum atomic E-state index is -0.652. The van der Waals surface area contributed by atoms with E-state index in [1.807, 2.05) is 69.3 Å². The average molecular weight is 393 g/mol. The average Bonchev–Trinajstić information content (AvgIpc) is 2.72. The lowest BCUT2D eigenvalue weighted by atomic mass is 10.0. The van der Waals surface area contributed by atoms with Gasteiger partial charge in [0, 0.05) is 24.8 Å². The summed E-state index contributed by atoms with van der Waals surface area (Å²) >= 11 is 0. The van der Waals surface area contributed by atoms with Gasteiger partial charge in [-0.05, 0) is 43.0 Å². The van der Waals surface area contributed by atoms with Crippen molar-refractivity contribution in [3.05, 3.63) is 82.5 Å². The van der Waals surface area contributed by atoms with Crippen molar-refractivity contribution < 1.29 is 10.2 Å². The minimum absolute atomic E-state index is 0.305. The monoisotopic (exact) mass is 392 g/mol. The summed E-state index contributed by atoms with van der Waals surface area (Å²) in [6, 6.07) is 15.5. The van der Waals surface area contributed by atoms with Crippen LogP contribution < -0.4 is 10.6 Å². The molecule has 2 atom stereocenters. The zero-order valence-corrected chi connectivity index (χ0v) is 17.1. The molecule has 0 saturated heterocycles. The lowest BCUT2D eigenvalue weighted by molar-refractivity contribution is 0.190. The van der Waals surface area contributed by atoms with Crippen LogP contribution in [0.5, 0.6) is 0 Å². The molecular formula is C23H28N4O2. The number of hydrogen-bond acceptors (Lipinski definition) is 6. The number of aliphatic hydroxyl groups is 2. The highest BCUT2D eigenvalue weighted by Crippen LogP contribution is 2.20. The fourth-order valence-electron chi connectivity index (χ4n) is 3.23. The molecule has 29 heavy (non-hydrogen) atoms. The van der Waals surface area contributed by atoms with Gasteiger partial charge in [-0.1, -0.05) is 48.5 Å². The molecule has 6 heteroatoms. The fourth-order valence-corrected chi connectivity index (χ4v) is 3.23. The second-order valence-electron chi connectivity index (χ2n) is 7.23. The molecule has 1 aromatic heterocycles. The summed E-state index contributed by atoms with van der Waals surface area (Å²) in [5.74, 6) is 1.08. The molecule has 2 aromatic carbocycles. The molecule has 0 aliphatic carbocycles. The molecular weight excluding hydrogens is 364 g/mol. The van der Waals surface area contributed by atoms with Gasteiger partial charge in [0.15, 0.2) is 0 Å². The van der Waals surface area contributed by atoms with Crippen molar-refractivity contribution in [3.63, 3.8) is 0 Å². The van der Waals surface area contributed by atoms with Gasteiger partial charge in [0.05, 0.1) is 12.2 Å². The molecule has 0 bridgehead atoms. The molecule has 2 unspecified atom stereocenters. The number of anilines is 2. The highest BCUT2D eigenvalue weighted by Gasteiger charge is 2.13. The number of nitrogens with zero attached hydrogens (tertiary/aromatic N) is 2. The summed E-state index contributed by atoms with van der Waals surface area (Å²) in [5, 5.41) is 27.2. The molecule has 0 spiro atoms. The lowest BCUT2D eigenvalue weighted by Gasteiger charge is -2.17. The van der Waals surface area contributed by atoms with Crippen LogP contribution in [0.1, 0.15) is 40.0 Å². The second kappa shape index (κ2) is 9.49. The first kappa shape index (κ1) is 20.8. The van der Waals surface area contributed by atoms with Crippen LogP contribution in [0.25, 0.3) is 0 Å². The van der Waals surface area contributed by atoms with Gasteiger partial charge in [-0.3, -0.25) is 0 Å². The van der Waals surface area contributed by atoms with E-state index in [0.29, 0.717) is 24.9 Å². The van der Waals surface area contributed by atoms with Gasteiger partial charge in [0.1, 0.15) is 5.82 Å². The van der Waals surface area contributed by atoms with Crippen molar-refractivity contribution >= 4 is 11.8 Å². The van der Waals surface area contributed by atoms with Crippen LogP contribution in [-0.4, -0.2) is 33.3 Å². The number of aliphatic hydroxyl groups excluding tert-OH is 2. The van der Waals surface area contributed by atoms with E-state index in [9.17, 15) is 10.2 Å². The molecule has 0 aliphatic rings. The van der Waals surface area contributed by atoms with E-state index in [1.165, 1.54) is 0 Å². The molecule has 0 fully saturated rings. The van der Waals surface area contributed by atoms with Crippen LogP contribution in [-0.2, 0) is 0 Å². The highest BCUT2D eigenvalue weighted by molar-refractivity contribution is 5.47. The number of aromatic nitrogens is 2. The van der Waals surface area contributed by atoms with E-state index in [-0.39, 0.29) is 0 Å². The quantitative estimate of drug-likeness (QED) is 0.467. The number of benzene rings is 2. The van der Waals surface area contributed by atoms with Gasteiger partial charge in [-0.2, -0.15) is 4.98 Å². The van der Waals surface area contributed by atoms with Gasteiger partial charge in [0.25, 0.3) is 0 Å². The summed E-state index contributed by atoms with van der Waals surface area (Å²) in [6.45, 7) is 6.51. The second-order valence-corrected chi connectivity index (χ2v) is 7.23. The van der Waals surface area contributed by atoms with Crippen LogP contribution >= 0.6 is 0 Å². The first-order valence-corrected chi connectivity index (χ1v) is 9.74. The maximum Gasteiger partial charge on any atom is 0.224 e. The van der Waals surface area contributed by atoms with Crippen molar-refractivity contribution in [1.29, 1.82) is 0 Å². The third-order valence-corrected chi connectivity index (χ3v) is 4.98. The summed E-state index contributed by atoms with van der Waals surface area (Å²) in [5.41, 5.74) is 4.75. The number of nitrogens with one attached hydrogen (secondary N) is 2. The SMILES string of the molecule is Cc1ccccc1C(O)CNc1ncc(C)c(NCC(O)c2ccccc2C)n1. The van der Waals surface area contributed by atoms with Gasteiger partial charge in [-0.25, -0.2) is 4.98 Å². The van der Waals surface area contributed by atoms with Gasteiger partial charge < -0.3 is 20.8 Å². The van der Waals surface area contributed by atoms with E-state index in [4.69, 9.17) is 0 Å². The third kappa shape index (κ3) is 5.31. The van der Waals surface area contributed by atoms with E-state index in [1.54, 1.807) is 6.20 Å². The molecule has 6 nitrogen and oxygen atoms in total. The van der Waals surface area contributed by atoms with Crippen molar-refractivity contribution in [2.24, 2.45) is 0 Å². The van der Waals surface area contributed by atoms with E-state index < -0.39 is 12.2 Å². The predicted molar refractivity (Wildman–Crippen MR) is 116 cm³/mol. The van der Waals surface area contributed by atoms with Crippen LogP contribution in [0.2, 0.25) is 0 Å². The zero-order chi connectivity index (χ0) is 20.8. The van der Waals surface area contributed by atoms with Gasteiger partial charge in [0.2, 0.25) is 5.95 Å².